The lowest BCUT2D eigenvalue weighted by Gasteiger charge is -2.20. The number of sulfonamides is 1. The highest BCUT2D eigenvalue weighted by molar-refractivity contribution is 7.89. The van der Waals surface area contributed by atoms with Crippen LogP contribution in [0.1, 0.15) is 26.3 Å². The zero-order chi connectivity index (χ0) is 19.8. The van der Waals surface area contributed by atoms with E-state index in [2.05, 4.69) is 18.5 Å². The minimum Gasteiger partial charge on any atom is -0.444 e. The molecule has 1 aromatic carbocycles. The van der Waals surface area contributed by atoms with Crippen molar-refractivity contribution in [2.75, 3.05) is 19.6 Å². The van der Waals surface area contributed by atoms with Crippen LogP contribution in [-0.2, 0) is 21.2 Å². The number of nitrogens with one attached hydrogen (secondary N) is 1. The Bertz CT molecular complexity index is 709. The minimum atomic E-state index is -3.60. The average molecular weight is 381 g/mol. The second-order valence-electron chi connectivity index (χ2n) is 6.72. The quantitative estimate of drug-likeness (QED) is 0.668. The highest BCUT2D eigenvalue weighted by Crippen LogP contribution is 2.17. The van der Waals surface area contributed by atoms with E-state index in [1.807, 2.05) is 0 Å². The van der Waals surface area contributed by atoms with Gasteiger partial charge in [0.2, 0.25) is 10.0 Å². The van der Waals surface area contributed by atoms with Crippen molar-refractivity contribution in [1.82, 2.24) is 9.62 Å². The molecule has 1 N–H and O–H groups in total. The fraction of sp³-hybridized carbons (Fsp3) is 0.421. The number of hydrogen-bond donors (Lipinski definition) is 1. The summed E-state index contributed by atoms with van der Waals surface area (Å²) < 4.78 is 31.7. The van der Waals surface area contributed by atoms with Crippen molar-refractivity contribution in [3.8, 4) is 0 Å². The maximum Gasteiger partial charge on any atom is 0.407 e. The van der Waals surface area contributed by atoms with Gasteiger partial charge in [-0.1, -0.05) is 24.3 Å². The summed E-state index contributed by atoms with van der Waals surface area (Å²) in [6.45, 7) is 13.4. The Morgan fingerprint density at radius 2 is 1.69 bits per heavy atom. The van der Waals surface area contributed by atoms with Gasteiger partial charge in [-0.2, -0.15) is 4.31 Å². The molecule has 0 aliphatic heterocycles. The molecule has 0 bridgehead atoms. The van der Waals surface area contributed by atoms with Gasteiger partial charge < -0.3 is 10.1 Å². The summed E-state index contributed by atoms with van der Waals surface area (Å²) in [5.74, 6) is 0. The number of carbonyl (C=O) groups excluding carboxylic acids is 1. The standard InChI is InChI=1S/C19H28N2O4S/c1-6-14-21(15-7-2)26(23,24)17-10-8-16(9-11-17)12-13-20-18(22)25-19(3,4)5/h6-11H,1-2,12-15H2,3-5H3,(H,20,22). The number of benzene rings is 1. The van der Waals surface area contributed by atoms with Crippen LogP contribution in [0.3, 0.4) is 0 Å². The molecule has 0 saturated carbocycles. The van der Waals surface area contributed by atoms with Gasteiger partial charge in [0.05, 0.1) is 4.90 Å². The molecule has 1 rings (SSSR count). The van der Waals surface area contributed by atoms with E-state index >= 15 is 0 Å². The summed E-state index contributed by atoms with van der Waals surface area (Å²) in [5.41, 5.74) is 0.377. The number of rotatable bonds is 9. The Morgan fingerprint density at radius 1 is 1.15 bits per heavy atom. The Hall–Kier alpha value is -2.12. The monoisotopic (exact) mass is 380 g/mol. The van der Waals surface area contributed by atoms with Crippen molar-refractivity contribution < 1.29 is 17.9 Å². The Kier molecular flexibility index (Phi) is 8.05. The topological polar surface area (TPSA) is 75.7 Å². The molecule has 1 aromatic rings. The van der Waals surface area contributed by atoms with Crippen LogP contribution in [0.25, 0.3) is 0 Å². The molecule has 0 aromatic heterocycles. The van der Waals surface area contributed by atoms with Gasteiger partial charge in [-0.15, -0.1) is 13.2 Å². The number of amides is 1. The van der Waals surface area contributed by atoms with Crippen LogP contribution in [0, 0.1) is 0 Å². The molecule has 26 heavy (non-hydrogen) atoms. The first-order valence-corrected chi connectivity index (χ1v) is 9.82. The highest BCUT2D eigenvalue weighted by atomic mass is 32.2. The van der Waals surface area contributed by atoms with Crippen LogP contribution in [0.5, 0.6) is 0 Å². The summed E-state index contributed by atoms with van der Waals surface area (Å²) in [7, 11) is -3.60. The molecule has 6 nitrogen and oxygen atoms in total. The van der Waals surface area contributed by atoms with Crippen molar-refractivity contribution in [3.63, 3.8) is 0 Å². The Labute approximate surface area is 156 Å². The summed E-state index contributed by atoms with van der Waals surface area (Å²) >= 11 is 0. The second kappa shape index (κ2) is 9.54. The van der Waals surface area contributed by atoms with Crippen LogP contribution in [0.15, 0.2) is 54.5 Å². The molecular formula is C19H28N2O4S. The molecule has 0 atom stereocenters. The second-order valence-corrected chi connectivity index (χ2v) is 8.66. The summed E-state index contributed by atoms with van der Waals surface area (Å²) in [4.78, 5) is 11.8. The van der Waals surface area contributed by atoms with Gasteiger partial charge in [-0.3, -0.25) is 0 Å². The molecule has 0 unspecified atom stereocenters. The zero-order valence-electron chi connectivity index (χ0n) is 15.7. The Balaban J connectivity index is 2.69. The molecule has 0 aliphatic carbocycles. The van der Waals surface area contributed by atoms with Crippen molar-refractivity contribution in [2.45, 2.75) is 37.7 Å². The number of hydrogen-bond acceptors (Lipinski definition) is 4. The number of carbonyl (C=O) groups is 1. The third kappa shape index (κ3) is 7.01. The highest BCUT2D eigenvalue weighted by Gasteiger charge is 2.22. The predicted molar refractivity (Wildman–Crippen MR) is 104 cm³/mol. The van der Waals surface area contributed by atoms with Crippen LogP contribution in [-0.4, -0.2) is 44.1 Å². The molecule has 0 radical (unpaired) electrons. The fourth-order valence-corrected chi connectivity index (χ4v) is 3.54. The van der Waals surface area contributed by atoms with Gasteiger partial charge in [-0.25, -0.2) is 13.2 Å². The van der Waals surface area contributed by atoms with Crippen LogP contribution >= 0.6 is 0 Å². The Morgan fingerprint density at radius 3 is 2.15 bits per heavy atom. The van der Waals surface area contributed by atoms with Gasteiger partial charge in [0.15, 0.2) is 0 Å². The van der Waals surface area contributed by atoms with Gasteiger partial charge in [0.25, 0.3) is 0 Å². The first-order valence-electron chi connectivity index (χ1n) is 8.38. The van der Waals surface area contributed by atoms with E-state index in [4.69, 9.17) is 4.74 Å². The summed E-state index contributed by atoms with van der Waals surface area (Å²) in [6, 6.07) is 6.61. The lowest BCUT2D eigenvalue weighted by Crippen LogP contribution is -2.33. The fourth-order valence-electron chi connectivity index (χ4n) is 2.16. The predicted octanol–water partition coefficient (Wildman–Crippen LogP) is 3.12. The first kappa shape index (κ1) is 21.9. The van der Waals surface area contributed by atoms with E-state index < -0.39 is 21.7 Å². The van der Waals surface area contributed by atoms with E-state index in [-0.39, 0.29) is 18.0 Å². The summed E-state index contributed by atoms with van der Waals surface area (Å²) in [6.07, 6.45) is 3.18. The maximum absolute atomic E-state index is 12.6. The molecule has 0 heterocycles. The van der Waals surface area contributed by atoms with E-state index in [0.717, 1.165) is 5.56 Å². The van der Waals surface area contributed by atoms with Gasteiger partial charge in [0.1, 0.15) is 5.60 Å². The van der Waals surface area contributed by atoms with Crippen LogP contribution in [0.4, 0.5) is 4.79 Å². The minimum absolute atomic E-state index is 0.213. The number of alkyl carbamates (subject to hydrolysis) is 1. The first-order chi connectivity index (χ1) is 12.1. The van der Waals surface area contributed by atoms with Gasteiger partial charge >= 0.3 is 6.09 Å². The van der Waals surface area contributed by atoms with E-state index in [9.17, 15) is 13.2 Å². The molecule has 0 fully saturated rings. The third-order valence-corrected chi connectivity index (χ3v) is 5.15. The largest absolute Gasteiger partial charge is 0.444 e. The molecule has 1 amide bonds. The molecule has 0 spiro atoms. The normalized spacial score (nSPS) is 11.8. The van der Waals surface area contributed by atoms with Crippen molar-refractivity contribution in [1.29, 1.82) is 0 Å². The van der Waals surface area contributed by atoms with Crippen molar-refractivity contribution >= 4 is 16.1 Å². The smallest absolute Gasteiger partial charge is 0.407 e. The molecule has 144 valence electrons. The number of nitrogens with zero attached hydrogens (tertiary/aromatic N) is 1. The zero-order valence-corrected chi connectivity index (χ0v) is 16.5. The van der Waals surface area contributed by atoms with Crippen LogP contribution < -0.4 is 5.32 Å². The lowest BCUT2D eigenvalue weighted by molar-refractivity contribution is 0.0528. The van der Waals surface area contributed by atoms with Crippen molar-refractivity contribution in [2.24, 2.45) is 0 Å². The molecular weight excluding hydrogens is 352 g/mol. The molecule has 0 aliphatic rings. The van der Waals surface area contributed by atoms with E-state index in [1.54, 1.807) is 45.0 Å². The van der Waals surface area contributed by atoms with Crippen LogP contribution in [0.2, 0.25) is 0 Å². The van der Waals surface area contributed by atoms with Gasteiger partial charge in [0, 0.05) is 19.6 Å². The van der Waals surface area contributed by atoms with Gasteiger partial charge in [-0.05, 0) is 44.9 Å². The lowest BCUT2D eigenvalue weighted by atomic mass is 10.1. The molecule has 0 saturated heterocycles. The summed E-state index contributed by atoms with van der Waals surface area (Å²) in [5, 5.41) is 2.67. The number of ether oxygens (including phenoxy) is 1. The average Bonchev–Trinajstić information content (AvgIpc) is 2.53. The van der Waals surface area contributed by atoms with E-state index in [0.29, 0.717) is 13.0 Å². The van der Waals surface area contributed by atoms with Crippen molar-refractivity contribution in [3.05, 3.63) is 55.1 Å². The third-order valence-electron chi connectivity index (χ3n) is 3.31. The SMILES string of the molecule is C=CCN(CC=C)S(=O)(=O)c1ccc(CCNC(=O)OC(C)(C)C)cc1. The molecule has 7 heteroatoms. The maximum atomic E-state index is 12.6. The van der Waals surface area contributed by atoms with E-state index in [1.165, 1.54) is 16.5 Å².